The summed E-state index contributed by atoms with van der Waals surface area (Å²) in [6.07, 6.45) is 0. The van der Waals surface area contributed by atoms with E-state index in [1.807, 2.05) is 11.8 Å². The van der Waals surface area contributed by atoms with Crippen LogP contribution in [0.25, 0.3) is 82.8 Å². The van der Waals surface area contributed by atoms with Gasteiger partial charge in [0.1, 0.15) is 0 Å². The molecule has 1 aromatic heterocycles. The number of nitrogens with one attached hydrogen (secondary N) is 1. The van der Waals surface area contributed by atoms with Crippen molar-refractivity contribution in [1.29, 1.82) is 0 Å². The first-order valence-corrected chi connectivity index (χ1v) is 19.6. The van der Waals surface area contributed by atoms with Crippen LogP contribution in [0.1, 0.15) is 0 Å². The van der Waals surface area contributed by atoms with E-state index in [2.05, 4.69) is 210 Å². The highest BCUT2D eigenvalue weighted by molar-refractivity contribution is 7.99. The van der Waals surface area contributed by atoms with Crippen LogP contribution in [-0.2, 0) is 0 Å². The maximum atomic E-state index is 3.84. The molecule has 0 unspecified atom stereocenters. The van der Waals surface area contributed by atoms with Crippen molar-refractivity contribution in [3.05, 3.63) is 200 Å². The number of hydrogen-bond donors (Lipinski definition) is 1. The molecule has 0 spiro atoms. The number of aromatic nitrogens is 1. The Kier molecular flexibility index (Phi) is 7.46. The van der Waals surface area contributed by atoms with Gasteiger partial charge in [0, 0.05) is 48.6 Å². The third-order valence-electron chi connectivity index (χ3n) is 11.0. The summed E-state index contributed by atoms with van der Waals surface area (Å²) >= 11 is 1.87. The number of anilines is 2. The normalized spacial score (nSPS) is 11.9. The molecule has 2 heterocycles. The molecule has 9 aromatic carbocycles. The van der Waals surface area contributed by atoms with Gasteiger partial charge in [0.2, 0.25) is 0 Å². The molecule has 0 fully saturated rings. The highest BCUT2D eigenvalue weighted by Gasteiger charge is 2.24. The lowest BCUT2D eigenvalue weighted by Crippen LogP contribution is -1.98. The number of fused-ring (bicyclic) bond motifs is 6. The predicted octanol–water partition coefficient (Wildman–Crippen LogP) is 14.8. The zero-order chi connectivity index (χ0) is 36.3. The van der Waals surface area contributed by atoms with Crippen molar-refractivity contribution in [2.75, 3.05) is 5.32 Å². The van der Waals surface area contributed by atoms with Crippen LogP contribution in [0.15, 0.2) is 210 Å². The fourth-order valence-corrected chi connectivity index (χ4v) is 9.62. The molecule has 0 saturated heterocycles. The van der Waals surface area contributed by atoms with Crippen molar-refractivity contribution in [3.8, 4) is 50.2 Å². The SMILES string of the molecule is c1ccc(-c2ccc(-c3ccc(Nc4ccc5c(c4)Sc4cc6c(c7cccc-5c47)c4ccccc4n6-c4ccccc4)c(-c4ccccc4)c3)cc2)cc1. The van der Waals surface area contributed by atoms with Crippen molar-refractivity contribution < 1.29 is 0 Å². The molecule has 0 radical (unpaired) electrons. The lowest BCUT2D eigenvalue weighted by molar-refractivity contribution is 1.18. The van der Waals surface area contributed by atoms with Crippen LogP contribution in [0.3, 0.4) is 0 Å². The van der Waals surface area contributed by atoms with Gasteiger partial charge in [0.05, 0.1) is 11.0 Å². The highest BCUT2D eigenvalue weighted by atomic mass is 32.2. The van der Waals surface area contributed by atoms with Crippen molar-refractivity contribution >= 4 is 55.7 Å². The van der Waals surface area contributed by atoms with Crippen molar-refractivity contribution in [1.82, 2.24) is 4.57 Å². The van der Waals surface area contributed by atoms with Crippen LogP contribution in [0.2, 0.25) is 0 Å². The number of hydrogen-bond acceptors (Lipinski definition) is 2. The molecule has 2 nitrogen and oxygen atoms in total. The van der Waals surface area contributed by atoms with E-state index in [4.69, 9.17) is 0 Å². The van der Waals surface area contributed by atoms with E-state index in [0.717, 1.165) is 11.4 Å². The van der Waals surface area contributed by atoms with E-state index in [1.54, 1.807) is 0 Å². The zero-order valence-electron chi connectivity index (χ0n) is 29.9. The molecule has 1 aliphatic heterocycles. The van der Waals surface area contributed by atoms with Crippen LogP contribution >= 0.6 is 11.8 Å². The summed E-state index contributed by atoms with van der Waals surface area (Å²) in [5, 5.41) is 9.07. The maximum absolute atomic E-state index is 3.84. The number of benzene rings is 9. The van der Waals surface area contributed by atoms with Gasteiger partial charge < -0.3 is 9.88 Å². The Morgan fingerprint density at radius 3 is 1.78 bits per heavy atom. The van der Waals surface area contributed by atoms with Gasteiger partial charge in [-0.1, -0.05) is 163 Å². The van der Waals surface area contributed by atoms with Crippen molar-refractivity contribution in [2.24, 2.45) is 0 Å². The minimum atomic E-state index is 1.07. The minimum absolute atomic E-state index is 1.07. The van der Waals surface area contributed by atoms with Gasteiger partial charge in [-0.05, 0) is 92.9 Å². The van der Waals surface area contributed by atoms with Crippen molar-refractivity contribution in [2.45, 2.75) is 9.79 Å². The fourth-order valence-electron chi connectivity index (χ4n) is 8.42. The lowest BCUT2D eigenvalue weighted by atomic mass is 9.94. The fraction of sp³-hybridized carbons (Fsp3) is 0. The van der Waals surface area contributed by atoms with Crippen LogP contribution < -0.4 is 5.32 Å². The molecular weight excluding hydrogens is 685 g/mol. The standard InChI is InChI=1S/C52H34N2S/c1-4-13-34(14-5-1)35-23-25-36(26-24-35)38-27-30-46(45(31-38)37-15-6-2-7-16-37)53-39-28-29-41-42-20-12-21-44-51-43-19-10-11-22-47(43)54(40-17-8-3-9-18-40)48(51)33-50(52(42)44)55-49(41)32-39/h1-33,53H. The molecule has 10 aromatic rings. The Hall–Kier alpha value is -6.81. The lowest BCUT2D eigenvalue weighted by Gasteiger charge is -2.22. The number of nitrogens with zero attached hydrogens (tertiary/aromatic N) is 1. The van der Waals surface area contributed by atoms with Gasteiger partial charge in [0.15, 0.2) is 0 Å². The Bertz CT molecular complexity index is 3060. The Morgan fingerprint density at radius 2 is 1.00 bits per heavy atom. The van der Waals surface area contributed by atoms with E-state index in [9.17, 15) is 0 Å². The molecule has 3 heteroatoms. The molecule has 0 aliphatic carbocycles. The van der Waals surface area contributed by atoms with Gasteiger partial charge in [-0.2, -0.15) is 0 Å². The topological polar surface area (TPSA) is 17.0 Å². The van der Waals surface area contributed by atoms with E-state index < -0.39 is 0 Å². The van der Waals surface area contributed by atoms with Gasteiger partial charge in [-0.3, -0.25) is 0 Å². The zero-order valence-corrected chi connectivity index (χ0v) is 30.7. The van der Waals surface area contributed by atoms with Crippen LogP contribution in [-0.4, -0.2) is 4.57 Å². The minimum Gasteiger partial charge on any atom is -0.355 e. The second-order valence-electron chi connectivity index (χ2n) is 14.2. The first-order valence-electron chi connectivity index (χ1n) is 18.8. The van der Waals surface area contributed by atoms with Gasteiger partial charge in [0.25, 0.3) is 0 Å². The molecule has 1 aliphatic rings. The third kappa shape index (κ3) is 5.35. The van der Waals surface area contributed by atoms with Crippen LogP contribution in [0, 0.1) is 0 Å². The Balaban J connectivity index is 0.993. The first-order chi connectivity index (χ1) is 27.3. The average molecular weight is 719 g/mol. The van der Waals surface area contributed by atoms with Crippen LogP contribution in [0.5, 0.6) is 0 Å². The van der Waals surface area contributed by atoms with E-state index in [1.165, 1.54) is 92.6 Å². The van der Waals surface area contributed by atoms with Gasteiger partial charge >= 0.3 is 0 Å². The van der Waals surface area contributed by atoms with E-state index in [0.29, 0.717) is 0 Å². The van der Waals surface area contributed by atoms with Crippen molar-refractivity contribution in [3.63, 3.8) is 0 Å². The van der Waals surface area contributed by atoms with Gasteiger partial charge in [-0.25, -0.2) is 0 Å². The average Bonchev–Trinajstić information content (AvgIpc) is 3.59. The molecule has 0 amide bonds. The molecule has 1 N–H and O–H groups in total. The van der Waals surface area contributed by atoms with Crippen LogP contribution in [0.4, 0.5) is 11.4 Å². The first kappa shape index (κ1) is 31.7. The second-order valence-corrected chi connectivity index (χ2v) is 15.3. The molecule has 258 valence electrons. The summed E-state index contributed by atoms with van der Waals surface area (Å²) in [6.45, 7) is 0. The summed E-state index contributed by atoms with van der Waals surface area (Å²) in [4.78, 5) is 2.54. The summed E-state index contributed by atoms with van der Waals surface area (Å²) in [5.74, 6) is 0. The quantitative estimate of drug-likeness (QED) is 0.184. The summed E-state index contributed by atoms with van der Waals surface area (Å²) < 4.78 is 2.42. The van der Waals surface area contributed by atoms with E-state index >= 15 is 0 Å². The maximum Gasteiger partial charge on any atom is 0.0558 e. The molecule has 55 heavy (non-hydrogen) atoms. The number of para-hydroxylation sites is 2. The summed E-state index contributed by atoms with van der Waals surface area (Å²) in [5.41, 5.74) is 15.5. The Labute approximate surface area is 324 Å². The molecule has 0 atom stereocenters. The summed E-state index contributed by atoms with van der Waals surface area (Å²) in [7, 11) is 0. The molecule has 11 rings (SSSR count). The summed E-state index contributed by atoms with van der Waals surface area (Å²) in [6, 6.07) is 72.6. The molecular formula is C52H34N2S. The van der Waals surface area contributed by atoms with Gasteiger partial charge in [-0.15, -0.1) is 0 Å². The predicted molar refractivity (Wildman–Crippen MR) is 234 cm³/mol. The molecule has 0 saturated carbocycles. The largest absolute Gasteiger partial charge is 0.355 e. The smallest absolute Gasteiger partial charge is 0.0558 e. The number of rotatable bonds is 6. The highest BCUT2D eigenvalue weighted by Crippen LogP contribution is 2.52. The Morgan fingerprint density at radius 1 is 0.364 bits per heavy atom. The monoisotopic (exact) mass is 718 g/mol. The third-order valence-corrected chi connectivity index (χ3v) is 12.1. The molecule has 0 bridgehead atoms. The van der Waals surface area contributed by atoms with E-state index in [-0.39, 0.29) is 0 Å². The second kappa shape index (κ2) is 12.9.